The zero-order chi connectivity index (χ0) is 26.9. The second-order valence-electron chi connectivity index (χ2n) is 8.08. The van der Waals surface area contributed by atoms with E-state index in [0.29, 0.717) is 0 Å². The summed E-state index contributed by atoms with van der Waals surface area (Å²) in [5, 5.41) is 12.9. The number of imidazole rings is 1. The number of halogens is 3. The van der Waals surface area contributed by atoms with Crippen LogP contribution in [0.4, 0.5) is 19.0 Å². The molecule has 3 aromatic heterocycles. The fourth-order valence-electron chi connectivity index (χ4n) is 3.63. The molecule has 1 saturated heterocycles. The first-order valence-corrected chi connectivity index (χ1v) is 10.8. The second-order valence-corrected chi connectivity index (χ2v) is 8.08. The van der Waals surface area contributed by atoms with Crippen LogP contribution >= 0.6 is 0 Å². The third-order valence-corrected chi connectivity index (χ3v) is 5.51. The van der Waals surface area contributed by atoms with Gasteiger partial charge in [-0.15, -0.1) is 0 Å². The van der Waals surface area contributed by atoms with Gasteiger partial charge in [0.25, 0.3) is 5.91 Å². The number of carbonyl (C=O) groups is 2. The van der Waals surface area contributed by atoms with Crippen molar-refractivity contribution in [2.75, 3.05) is 26.4 Å². The quantitative estimate of drug-likeness (QED) is 0.414. The molecule has 0 bridgehead atoms. The van der Waals surface area contributed by atoms with Crippen LogP contribution in [0.5, 0.6) is 0 Å². The predicted octanol–water partition coefficient (Wildman–Crippen LogP) is 0.340. The lowest BCUT2D eigenvalue weighted by molar-refractivity contribution is -0.141. The largest absolute Gasteiger partial charge is 0.433 e. The maximum atomic E-state index is 12.7. The van der Waals surface area contributed by atoms with Gasteiger partial charge >= 0.3 is 6.18 Å². The molecule has 0 radical (unpaired) electrons. The van der Waals surface area contributed by atoms with Crippen LogP contribution in [0.2, 0.25) is 0 Å². The van der Waals surface area contributed by atoms with Gasteiger partial charge in [0.1, 0.15) is 23.4 Å². The van der Waals surface area contributed by atoms with Crippen LogP contribution in [0.1, 0.15) is 34.5 Å². The molecule has 15 heteroatoms. The second kappa shape index (κ2) is 9.99. The number of carbonyl (C=O) groups excluding carboxylic acids is 2. The zero-order valence-corrected chi connectivity index (χ0v) is 19.5. The normalized spacial score (nSPS) is 19.4. The van der Waals surface area contributed by atoms with Crippen LogP contribution in [-0.4, -0.2) is 79.2 Å². The number of aliphatic hydroxyl groups excluding tert-OH is 1. The first-order chi connectivity index (χ1) is 17.5. The summed E-state index contributed by atoms with van der Waals surface area (Å²) in [5.74, 6) is 4.45. The number of hydrogen-bond acceptors (Lipinski definition) is 9. The Balaban J connectivity index is 1.50. The molecule has 4 heterocycles. The molecular formula is C22H21F3N8O4. The minimum atomic E-state index is -4.61. The number of pyridine rings is 1. The summed E-state index contributed by atoms with van der Waals surface area (Å²) in [6, 6.07) is 1.76. The van der Waals surface area contributed by atoms with E-state index in [0.717, 1.165) is 18.3 Å². The standard InChI is InChI=1S/C22H21F3N8O4/c1-27-19(35)13-8-12(34)21(37-13)33-10-29-16-17(26)30-15(31-18(16)33)4-3-7-32(2)20(36)11-5-6-14(28-9-11)22(23,24)25/h5-6,9-10,12-13,21,34H,7-8H2,1-2H3,(H,27,35)(H2,26,30,31)/t12-,13?,21?/m1/s1. The van der Waals surface area contributed by atoms with Gasteiger partial charge in [-0.1, -0.05) is 5.92 Å². The van der Waals surface area contributed by atoms with Crippen molar-refractivity contribution in [2.45, 2.75) is 31.0 Å². The summed E-state index contributed by atoms with van der Waals surface area (Å²) in [5.41, 5.74) is 5.31. The number of ether oxygens (including phenoxy) is 1. The number of rotatable bonds is 4. The van der Waals surface area contributed by atoms with Crippen molar-refractivity contribution in [3.8, 4) is 11.8 Å². The number of nitrogens with zero attached hydrogens (tertiary/aromatic N) is 6. The van der Waals surface area contributed by atoms with E-state index < -0.39 is 36.2 Å². The van der Waals surface area contributed by atoms with E-state index in [1.54, 1.807) is 0 Å². The number of fused-ring (bicyclic) bond motifs is 1. The number of nitrogens with two attached hydrogens (primary N) is 1. The van der Waals surface area contributed by atoms with E-state index >= 15 is 0 Å². The highest BCUT2D eigenvalue weighted by molar-refractivity contribution is 5.93. The van der Waals surface area contributed by atoms with Gasteiger partial charge in [-0.05, 0) is 18.1 Å². The first-order valence-electron chi connectivity index (χ1n) is 10.8. The Morgan fingerprint density at radius 3 is 2.73 bits per heavy atom. The summed E-state index contributed by atoms with van der Waals surface area (Å²) in [7, 11) is 2.88. The molecule has 4 rings (SSSR count). The lowest BCUT2D eigenvalue weighted by Crippen LogP contribution is -2.31. The van der Waals surface area contributed by atoms with E-state index in [-0.39, 0.29) is 47.2 Å². The molecule has 1 aliphatic rings. The Bertz CT molecular complexity index is 1400. The van der Waals surface area contributed by atoms with Gasteiger partial charge in [0.2, 0.25) is 11.7 Å². The van der Waals surface area contributed by atoms with Gasteiger partial charge in [-0.2, -0.15) is 13.2 Å². The molecular weight excluding hydrogens is 497 g/mol. The van der Waals surface area contributed by atoms with Crippen LogP contribution in [0.3, 0.4) is 0 Å². The van der Waals surface area contributed by atoms with Gasteiger partial charge in [-0.3, -0.25) is 19.1 Å². The fraction of sp³-hybridized carbons (Fsp3) is 0.364. The lowest BCUT2D eigenvalue weighted by Gasteiger charge is -2.16. The van der Waals surface area contributed by atoms with Gasteiger partial charge < -0.3 is 25.8 Å². The maximum absolute atomic E-state index is 12.7. The van der Waals surface area contributed by atoms with Gasteiger partial charge in [0.05, 0.1) is 18.4 Å². The number of amides is 2. The number of aliphatic hydroxyl groups is 1. The summed E-state index contributed by atoms with van der Waals surface area (Å²) >= 11 is 0. The topological polar surface area (TPSA) is 161 Å². The molecule has 0 spiro atoms. The van der Waals surface area contributed by atoms with Crippen molar-refractivity contribution < 1.29 is 32.6 Å². The van der Waals surface area contributed by atoms with Crippen LogP contribution in [0.15, 0.2) is 24.7 Å². The van der Waals surface area contributed by atoms with Crippen molar-refractivity contribution in [1.82, 2.24) is 34.7 Å². The molecule has 0 aliphatic carbocycles. The van der Waals surface area contributed by atoms with Crippen molar-refractivity contribution >= 4 is 28.8 Å². The van der Waals surface area contributed by atoms with Gasteiger partial charge in [0.15, 0.2) is 17.7 Å². The molecule has 2 amide bonds. The molecule has 12 nitrogen and oxygen atoms in total. The van der Waals surface area contributed by atoms with Crippen LogP contribution in [-0.2, 0) is 15.7 Å². The average Bonchev–Trinajstić information content (AvgIpc) is 3.46. The van der Waals surface area contributed by atoms with E-state index in [2.05, 4.69) is 37.1 Å². The summed E-state index contributed by atoms with van der Waals surface area (Å²) in [6.07, 6.45) is -5.13. The Labute approximate surface area is 207 Å². The Hall–Kier alpha value is -4.29. The summed E-state index contributed by atoms with van der Waals surface area (Å²) in [4.78, 5) is 41.4. The molecule has 4 N–H and O–H groups in total. The first kappa shape index (κ1) is 25.8. The number of hydrogen-bond donors (Lipinski definition) is 3. The van der Waals surface area contributed by atoms with Crippen LogP contribution in [0, 0.1) is 11.8 Å². The van der Waals surface area contributed by atoms with Crippen molar-refractivity contribution in [3.05, 3.63) is 41.7 Å². The number of anilines is 1. The predicted molar refractivity (Wildman–Crippen MR) is 121 cm³/mol. The number of nitrogen functional groups attached to an aromatic ring is 1. The van der Waals surface area contributed by atoms with E-state index in [9.17, 15) is 27.9 Å². The number of nitrogens with one attached hydrogen (secondary N) is 1. The van der Waals surface area contributed by atoms with Gasteiger partial charge in [0, 0.05) is 26.7 Å². The van der Waals surface area contributed by atoms with Crippen LogP contribution in [0.25, 0.3) is 11.2 Å². The van der Waals surface area contributed by atoms with Gasteiger partial charge in [-0.25, -0.2) is 15.0 Å². The Morgan fingerprint density at radius 1 is 1.32 bits per heavy atom. The average molecular weight is 518 g/mol. The smallest absolute Gasteiger partial charge is 0.388 e. The van der Waals surface area contributed by atoms with Crippen molar-refractivity contribution in [1.29, 1.82) is 0 Å². The molecule has 0 saturated carbocycles. The van der Waals surface area contributed by atoms with Crippen LogP contribution < -0.4 is 11.1 Å². The Kier molecular flexibility index (Phi) is 6.96. The molecule has 3 atom stereocenters. The van der Waals surface area contributed by atoms with Crippen molar-refractivity contribution in [3.63, 3.8) is 0 Å². The monoisotopic (exact) mass is 518 g/mol. The lowest BCUT2D eigenvalue weighted by atomic mass is 10.2. The highest BCUT2D eigenvalue weighted by Crippen LogP contribution is 2.32. The SMILES string of the molecule is CNC(=O)C1C[C@@H](O)C(n2cnc3c(N)nc(C#CCN(C)C(=O)c4ccc(C(F)(F)F)nc4)nc32)O1. The highest BCUT2D eigenvalue weighted by atomic mass is 19.4. The Morgan fingerprint density at radius 2 is 2.08 bits per heavy atom. The summed E-state index contributed by atoms with van der Waals surface area (Å²) < 4.78 is 45.1. The molecule has 2 unspecified atom stereocenters. The molecule has 37 heavy (non-hydrogen) atoms. The number of alkyl halides is 3. The molecule has 1 fully saturated rings. The third kappa shape index (κ3) is 5.29. The summed E-state index contributed by atoms with van der Waals surface area (Å²) in [6.45, 7) is -0.0985. The molecule has 194 valence electrons. The third-order valence-electron chi connectivity index (χ3n) is 5.51. The van der Waals surface area contributed by atoms with E-state index in [4.69, 9.17) is 10.5 Å². The molecule has 3 aromatic rings. The van der Waals surface area contributed by atoms with E-state index in [1.165, 1.54) is 29.9 Å². The maximum Gasteiger partial charge on any atom is 0.433 e. The number of likely N-dealkylation sites (N-methyl/N-ethyl adjacent to an activating group) is 1. The molecule has 0 aromatic carbocycles. The zero-order valence-electron chi connectivity index (χ0n) is 19.5. The minimum Gasteiger partial charge on any atom is -0.388 e. The van der Waals surface area contributed by atoms with Crippen molar-refractivity contribution in [2.24, 2.45) is 0 Å². The van der Waals surface area contributed by atoms with E-state index in [1.807, 2.05) is 0 Å². The highest BCUT2D eigenvalue weighted by Gasteiger charge is 2.39. The fourth-order valence-corrected chi connectivity index (χ4v) is 3.63. The number of aromatic nitrogens is 5. The molecule has 1 aliphatic heterocycles. The minimum absolute atomic E-state index is 0.000802.